The minimum absolute atomic E-state index is 0.0221. The van der Waals surface area contributed by atoms with E-state index in [-0.39, 0.29) is 5.69 Å². The Hall–Kier alpha value is -2.03. The molecular weight excluding hydrogens is 368 g/mol. The SMILES string of the molecule is O=[N+]([O-])c1ccccc1NNC(=S)NCCSc1ccc(Cl)cc1. The van der Waals surface area contributed by atoms with Crippen LogP contribution in [0.2, 0.25) is 5.02 Å². The van der Waals surface area contributed by atoms with E-state index < -0.39 is 4.92 Å². The quantitative estimate of drug-likeness (QED) is 0.221. The molecule has 0 radical (unpaired) electrons. The number of hydrogen-bond donors (Lipinski definition) is 3. The number of hydrazine groups is 1. The Labute approximate surface area is 154 Å². The molecule has 0 saturated heterocycles. The van der Waals surface area contributed by atoms with E-state index in [1.165, 1.54) is 6.07 Å². The van der Waals surface area contributed by atoms with Crippen LogP contribution in [0.1, 0.15) is 0 Å². The van der Waals surface area contributed by atoms with Crippen molar-refractivity contribution in [2.45, 2.75) is 4.90 Å². The topological polar surface area (TPSA) is 79.2 Å². The highest BCUT2D eigenvalue weighted by Gasteiger charge is 2.11. The molecule has 0 aromatic heterocycles. The van der Waals surface area contributed by atoms with E-state index in [1.54, 1.807) is 30.0 Å². The van der Waals surface area contributed by atoms with E-state index in [2.05, 4.69) is 16.2 Å². The van der Waals surface area contributed by atoms with Gasteiger partial charge in [-0.3, -0.25) is 21.0 Å². The van der Waals surface area contributed by atoms with Crippen molar-refractivity contribution in [2.24, 2.45) is 0 Å². The summed E-state index contributed by atoms with van der Waals surface area (Å²) >= 11 is 12.6. The third-order valence-corrected chi connectivity index (χ3v) is 4.39. The molecule has 9 heteroatoms. The molecule has 2 aromatic carbocycles. The lowest BCUT2D eigenvalue weighted by Gasteiger charge is -2.12. The standard InChI is InChI=1S/C15H15ClN4O2S2/c16-11-5-7-12(8-6-11)24-10-9-17-15(23)19-18-13-3-1-2-4-14(13)20(21)22/h1-8,18H,9-10H2,(H2,17,19,23). The number of hydrogen-bond acceptors (Lipinski definition) is 5. The fraction of sp³-hybridized carbons (Fsp3) is 0.133. The van der Waals surface area contributed by atoms with Crippen LogP contribution >= 0.6 is 35.6 Å². The molecule has 6 nitrogen and oxygen atoms in total. The van der Waals surface area contributed by atoms with Crippen LogP contribution < -0.4 is 16.2 Å². The molecule has 126 valence electrons. The van der Waals surface area contributed by atoms with Gasteiger partial charge < -0.3 is 5.32 Å². The van der Waals surface area contributed by atoms with Crippen LogP contribution in [0.25, 0.3) is 0 Å². The normalized spacial score (nSPS) is 10.0. The van der Waals surface area contributed by atoms with E-state index in [0.29, 0.717) is 22.4 Å². The summed E-state index contributed by atoms with van der Waals surface area (Å²) < 4.78 is 0. The fourth-order valence-electron chi connectivity index (χ4n) is 1.77. The number of rotatable bonds is 7. The second-order valence-electron chi connectivity index (χ2n) is 4.58. The molecule has 0 aliphatic carbocycles. The fourth-order valence-corrected chi connectivity index (χ4v) is 2.82. The zero-order valence-electron chi connectivity index (χ0n) is 12.5. The maximum atomic E-state index is 10.9. The molecule has 0 spiro atoms. The Bertz CT molecular complexity index is 713. The molecular formula is C15H15ClN4O2S2. The lowest BCUT2D eigenvalue weighted by atomic mass is 10.3. The summed E-state index contributed by atoms with van der Waals surface area (Å²) in [6.07, 6.45) is 0. The van der Waals surface area contributed by atoms with Crippen molar-refractivity contribution in [3.63, 3.8) is 0 Å². The van der Waals surface area contributed by atoms with Crippen molar-refractivity contribution < 1.29 is 4.92 Å². The van der Waals surface area contributed by atoms with Crippen molar-refractivity contribution in [3.8, 4) is 0 Å². The Kier molecular flexibility index (Phi) is 7.10. The van der Waals surface area contributed by atoms with Crippen LogP contribution in [-0.4, -0.2) is 22.3 Å². The van der Waals surface area contributed by atoms with E-state index in [1.807, 2.05) is 24.3 Å². The van der Waals surface area contributed by atoms with E-state index in [4.69, 9.17) is 23.8 Å². The van der Waals surface area contributed by atoms with E-state index in [9.17, 15) is 10.1 Å². The number of anilines is 1. The number of benzene rings is 2. The van der Waals surface area contributed by atoms with Crippen LogP contribution in [0, 0.1) is 10.1 Å². The minimum Gasteiger partial charge on any atom is -0.361 e. The molecule has 0 fully saturated rings. The van der Waals surface area contributed by atoms with E-state index >= 15 is 0 Å². The Balaban J connectivity index is 1.70. The summed E-state index contributed by atoms with van der Waals surface area (Å²) in [7, 11) is 0. The molecule has 0 bridgehead atoms. The lowest BCUT2D eigenvalue weighted by Crippen LogP contribution is -2.39. The molecule has 0 aliphatic heterocycles. The third kappa shape index (κ3) is 5.88. The number of para-hydroxylation sites is 2. The van der Waals surface area contributed by atoms with Crippen molar-refractivity contribution >= 4 is 52.1 Å². The maximum absolute atomic E-state index is 10.9. The molecule has 0 amide bonds. The first kappa shape index (κ1) is 18.3. The van der Waals surface area contributed by atoms with Crippen LogP contribution in [0.5, 0.6) is 0 Å². The maximum Gasteiger partial charge on any atom is 0.294 e. The predicted octanol–water partition coefficient (Wildman–Crippen LogP) is 3.83. The zero-order chi connectivity index (χ0) is 17.4. The second-order valence-corrected chi connectivity index (χ2v) is 6.60. The number of nitrogens with zero attached hydrogens (tertiary/aromatic N) is 1. The first-order valence-electron chi connectivity index (χ1n) is 6.98. The van der Waals surface area contributed by atoms with Gasteiger partial charge in [0.2, 0.25) is 0 Å². The summed E-state index contributed by atoms with van der Waals surface area (Å²) in [6.45, 7) is 0.650. The number of halogens is 1. The van der Waals surface area contributed by atoms with E-state index in [0.717, 1.165) is 10.6 Å². The number of thiocarbonyl (C=S) groups is 1. The first-order valence-corrected chi connectivity index (χ1v) is 8.75. The molecule has 3 N–H and O–H groups in total. The molecule has 2 aromatic rings. The average molecular weight is 383 g/mol. The number of thioether (sulfide) groups is 1. The highest BCUT2D eigenvalue weighted by molar-refractivity contribution is 7.99. The zero-order valence-corrected chi connectivity index (χ0v) is 14.9. The summed E-state index contributed by atoms with van der Waals surface area (Å²) in [4.78, 5) is 11.6. The smallest absolute Gasteiger partial charge is 0.294 e. The summed E-state index contributed by atoms with van der Waals surface area (Å²) in [5, 5.41) is 15.0. The molecule has 0 unspecified atom stereocenters. The molecule has 0 atom stereocenters. The second kappa shape index (κ2) is 9.31. The van der Waals surface area contributed by atoms with Gasteiger partial charge in [0, 0.05) is 28.3 Å². The molecule has 2 rings (SSSR count). The largest absolute Gasteiger partial charge is 0.361 e. The van der Waals surface area contributed by atoms with Gasteiger partial charge in [-0.05, 0) is 42.5 Å². The van der Waals surface area contributed by atoms with Gasteiger partial charge >= 0.3 is 0 Å². The highest BCUT2D eigenvalue weighted by Crippen LogP contribution is 2.22. The van der Waals surface area contributed by atoms with Gasteiger partial charge in [-0.1, -0.05) is 23.7 Å². The number of nitrogens with one attached hydrogen (secondary N) is 3. The van der Waals surface area contributed by atoms with Gasteiger partial charge in [-0.25, -0.2) is 0 Å². The van der Waals surface area contributed by atoms with Crippen LogP contribution in [0.3, 0.4) is 0 Å². The summed E-state index contributed by atoms with van der Waals surface area (Å²) in [5.74, 6) is 0.814. The van der Waals surface area contributed by atoms with Gasteiger partial charge in [0.25, 0.3) is 5.69 Å². The molecule has 0 heterocycles. The number of nitro benzene ring substituents is 1. The van der Waals surface area contributed by atoms with Crippen molar-refractivity contribution in [3.05, 3.63) is 63.7 Å². The van der Waals surface area contributed by atoms with Crippen molar-refractivity contribution in [2.75, 3.05) is 17.7 Å². The Morgan fingerprint density at radius 1 is 1.21 bits per heavy atom. The van der Waals surface area contributed by atoms with Gasteiger partial charge in [0.15, 0.2) is 5.11 Å². The molecule has 0 saturated carbocycles. The van der Waals surface area contributed by atoms with Crippen molar-refractivity contribution in [1.82, 2.24) is 10.7 Å². The number of nitro groups is 1. The van der Waals surface area contributed by atoms with Gasteiger partial charge in [0.1, 0.15) is 5.69 Å². The average Bonchev–Trinajstić information content (AvgIpc) is 2.58. The Morgan fingerprint density at radius 3 is 2.62 bits per heavy atom. The van der Waals surface area contributed by atoms with Crippen LogP contribution in [0.4, 0.5) is 11.4 Å². The molecule has 24 heavy (non-hydrogen) atoms. The predicted molar refractivity (Wildman–Crippen MR) is 103 cm³/mol. The minimum atomic E-state index is -0.455. The monoisotopic (exact) mass is 382 g/mol. The van der Waals surface area contributed by atoms with Gasteiger partial charge in [-0.2, -0.15) is 0 Å². The Morgan fingerprint density at radius 2 is 1.92 bits per heavy atom. The first-order chi connectivity index (χ1) is 11.6. The van der Waals surface area contributed by atoms with Crippen LogP contribution in [0.15, 0.2) is 53.4 Å². The van der Waals surface area contributed by atoms with Crippen LogP contribution in [-0.2, 0) is 0 Å². The van der Waals surface area contributed by atoms with Gasteiger partial charge in [-0.15, -0.1) is 11.8 Å². The van der Waals surface area contributed by atoms with Crippen molar-refractivity contribution in [1.29, 1.82) is 0 Å². The third-order valence-electron chi connectivity index (χ3n) is 2.88. The molecule has 0 aliphatic rings. The lowest BCUT2D eigenvalue weighted by molar-refractivity contribution is -0.384. The summed E-state index contributed by atoms with van der Waals surface area (Å²) in [5.41, 5.74) is 5.81. The highest BCUT2D eigenvalue weighted by atomic mass is 35.5. The summed E-state index contributed by atoms with van der Waals surface area (Å²) in [6, 6.07) is 13.9. The van der Waals surface area contributed by atoms with Gasteiger partial charge in [0.05, 0.1) is 4.92 Å².